The lowest BCUT2D eigenvalue weighted by Crippen LogP contribution is -2.37. The van der Waals surface area contributed by atoms with E-state index in [1.54, 1.807) is 11.9 Å². The number of nitrogens with zero attached hydrogens (tertiary/aromatic N) is 1. The van der Waals surface area contributed by atoms with Crippen molar-refractivity contribution in [2.75, 3.05) is 11.9 Å². The van der Waals surface area contributed by atoms with Gasteiger partial charge in [-0.3, -0.25) is 9.59 Å². The number of benzene rings is 2. The first-order valence-electron chi connectivity index (χ1n) is 8.66. The molecule has 0 unspecified atom stereocenters. The normalized spacial score (nSPS) is 19.9. The Kier molecular flexibility index (Phi) is 4.06. The van der Waals surface area contributed by atoms with Gasteiger partial charge in [0.2, 0.25) is 5.91 Å². The maximum absolute atomic E-state index is 12.9. The van der Waals surface area contributed by atoms with Gasteiger partial charge in [0.05, 0.1) is 5.41 Å². The summed E-state index contributed by atoms with van der Waals surface area (Å²) in [6.07, 6.45) is 0.183. The van der Waals surface area contributed by atoms with Crippen LogP contribution in [0.1, 0.15) is 55.6 Å². The van der Waals surface area contributed by atoms with Crippen molar-refractivity contribution in [3.05, 3.63) is 65.2 Å². The molecular formula is C22H25NO2. The predicted octanol–water partition coefficient (Wildman–Crippen LogP) is 4.49. The highest BCUT2D eigenvalue weighted by Crippen LogP contribution is 2.43. The fourth-order valence-corrected chi connectivity index (χ4v) is 3.58. The van der Waals surface area contributed by atoms with Gasteiger partial charge in [0.25, 0.3) is 0 Å². The molecule has 0 saturated heterocycles. The molecule has 1 aliphatic rings. The van der Waals surface area contributed by atoms with Gasteiger partial charge in [0, 0.05) is 24.7 Å². The van der Waals surface area contributed by atoms with Crippen LogP contribution in [0.25, 0.3) is 0 Å². The molecule has 0 saturated carbocycles. The first-order valence-corrected chi connectivity index (χ1v) is 8.66. The van der Waals surface area contributed by atoms with E-state index >= 15 is 0 Å². The third-order valence-electron chi connectivity index (χ3n) is 5.22. The minimum atomic E-state index is -0.800. The maximum atomic E-state index is 12.9. The number of likely N-dealkylation sites (N-methyl/N-ethyl adjacent to an activating group) is 1. The van der Waals surface area contributed by atoms with Crippen molar-refractivity contribution in [2.45, 2.75) is 44.9 Å². The van der Waals surface area contributed by atoms with E-state index in [1.807, 2.05) is 55.5 Å². The molecule has 0 aliphatic carbocycles. The number of hydrogen-bond donors (Lipinski definition) is 0. The number of hydrogen-bond acceptors (Lipinski definition) is 2. The SMILES string of the molecule is CN1C(=O)[C@@](C)(CC(=O)c2ccc(C(C)(C)C)cc2)c2ccccc21. The van der Waals surface area contributed by atoms with Crippen molar-refractivity contribution in [3.8, 4) is 0 Å². The van der Waals surface area contributed by atoms with E-state index in [0.29, 0.717) is 5.56 Å². The van der Waals surface area contributed by atoms with Crippen LogP contribution in [-0.4, -0.2) is 18.7 Å². The number of para-hydroxylation sites is 1. The highest BCUT2D eigenvalue weighted by atomic mass is 16.2. The lowest BCUT2D eigenvalue weighted by atomic mass is 9.78. The molecule has 25 heavy (non-hydrogen) atoms. The van der Waals surface area contributed by atoms with Crippen LogP contribution in [0, 0.1) is 0 Å². The average Bonchev–Trinajstić information content (AvgIpc) is 2.76. The average molecular weight is 335 g/mol. The minimum Gasteiger partial charge on any atom is -0.314 e. The summed E-state index contributed by atoms with van der Waals surface area (Å²) >= 11 is 0. The molecule has 0 aromatic heterocycles. The van der Waals surface area contributed by atoms with Crippen LogP contribution >= 0.6 is 0 Å². The molecule has 130 valence electrons. The minimum absolute atomic E-state index is 0.00131. The van der Waals surface area contributed by atoms with Gasteiger partial charge in [-0.05, 0) is 29.5 Å². The Hall–Kier alpha value is -2.42. The fourth-order valence-electron chi connectivity index (χ4n) is 3.58. The van der Waals surface area contributed by atoms with Crippen molar-refractivity contribution in [3.63, 3.8) is 0 Å². The molecule has 2 aromatic rings. The summed E-state index contributed by atoms with van der Waals surface area (Å²) in [6.45, 7) is 8.32. The van der Waals surface area contributed by atoms with Crippen LogP contribution in [0.5, 0.6) is 0 Å². The van der Waals surface area contributed by atoms with E-state index in [4.69, 9.17) is 0 Å². The van der Waals surface area contributed by atoms with Crippen LogP contribution < -0.4 is 4.90 Å². The molecule has 3 rings (SSSR count). The lowest BCUT2D eigenvalue weighted by molar-refractivity contribution is -0.122. The summed E-state index contributed by atoms with van der Waals surface area (Å²) in [7, 11) is 1.77. The largest absolute Gasteiger partial charge is 0.314 e. The van der Waals surface area contributed by atoms with Crippen LogP contribution in [-0.2, 0) is 15.6 Å². The zero-order chi connectivity index (χ0) is 18.4. The second-order valence-corrected chi connectivity index (χ2v) is 8.14. The molecular weight excluding hydrogens is 310 g/mol. The number of anilines is 1. The second kappa shape index (κ2) is 5.83. The summed E-state index contributed by atoms with van der Waals surface area (Å²) in [5.41, 5.74) is 2.93. The number of rotatable bonds is 3. The van der Waals surface area contributed by atoms with Crippen molar-refractivity contribution in [1.29, 1.82) is 0 Å². The van der Waals surface area contributed by atoms with Crippen molar-refractivity contribution in [2.24, 2.45) is 0 Å². The third-order valence-corrected chi connectivity index (χ3v) is 5.22. The molecule has 0 radical (unpaired) electrons. The number of Topliss-reactive ketones (excluding diaryl/α,β-unsaturated/α-hetero) is 1. The van der Waals surface area contributed by atoms with Crippen molar-refractivity contribution in [1.82, 2.24) is 0 Å². The first kappa shape index (κ1) is 17.4. The molecule has 1 amide bonds. The standard InChI is InChI=1S/C22H25NO2/c1-21(2,3)16-12-10-15(11-13-16)19(24)14-22(4)17-8-6-7-9-18(17)23(5)20(22)25/h6-13H,14H2,1-5H3/t22-/m0/s1. The fraction of sp³-hybridized carbons (Fsp3) is 0.364. The maximum Gasteiger partial charge on any atom is 0.237 e. The van der Waals surface area contributed by atoms with E-state index in [2.05, 4.69) is 20.8 Å². The molecule has 3 heteroatoms. The van der Waals surface area contributed by atoms with E-state index in [0.717, 1.165) is 11.3 Å². The lowest BCUT2D eigenvalue weighted by Gasteiger charge is -2.23. The Morgan fingerprint density at radius 3 is 2.24 bits per heavy atom. The molecule has 3 nitrogen and oxygen atoms in total. The smallest absolute Gasteiger partial charge is 0.237 e. The molecule has 1 atom stereocenters. The third kappa shape index (κ3) is 2.88. The van der Waals surface area contributed by atoms with Crippen molar-refractivity contribution < 1.29 is 9.59 Å². The Morgan fingerprint density at radius 1 is 1.04 bits per heavy atom. The second-order valence-electron chi connectivity index (χ2n) is 8.14. The molecule has 1 heterocycles. The molecule has 2 aromatic carbocycles. The summed E-state index contributed by atoms with van der Waals surface area (Å²) in [6, 6.07) is 15.5. The molecule has 1 aliphatic heterocycles. The molecule has 0 bridgehead atoms. The van der Waals surface area contributed by atoms with Gasteiger partial charge in [0.1, 0.15) is 0 Å². The van der Waals surface area contributed by atoms with Crippen LogP contribution in [0.3, 0.4) is 0 Å². The Labute approximate surface area is 149 Å². The van der Waals surface area contributed by atoms with Gasteiger partial charge in [0.15, 0.2) is 5.78 Å². The number of ketones is 1. The van der Waals surface area contributed by atoms with Gasteiger partial charge < -0.3 is 4.90 Å². The molecule has 0 N–H and O–H groups in total. The van der Waals surface area contributed by atoms with Gasteiger partial charge >= 0.3 is 0 Å². The van der Waals surface area contributed by atoms with Gasteiger partial charge in [-0.15, -0.1) is 0 Å². The summed E-state index contributed by atoms with van der Waals surface area (Å²) in [5, 5.41) is 0. The highest BCUT2D eigenvalue weighted by Gasteiger charge is 2.47. The van der Waals surface area contributed by atoms with E-state index in [1.165, 1.54) is 5.56 Å². The van der Waals surface area contributed by atoms with E-state index in [9.17, 15) is 9.59 Å². The van der Waals surface area contributed by atoms with Crippen molar-refractivity contribution >= 4 is 17.4 Å². The zero-order valence-electron chi connectivity index (χ0n) is 15.6. The van der Waals surface area contributed by atoms with Gasteiger partial charge in [-0.25, -0.2) is 0 Å². The summed E-state index contributed by atoms with van der Waals surface area (Å²) < 4.78 is 0. The quantitative estimate of drug-likeness (QED) is 0.775. The highest BCUT2D eigenvalue weighted by molar-refractivity contribution is 6.11. The monoisotopic (exact) mass is 335 g/mol. The van der Waals surface area contributed by atoms with Crippen LogP contribution in [0.4, 0.5) is 5.69 Å². The molecule has 0 fully saturated rings. The summed E-state index contributed by atoms with van der Waals surface area (Å²) in [4.78, 5) is 27.3. The van der Waals surface area contributed by atoms with Gasteiger partial charge in [-0.2, -0.15) is 0 Å². The number of carbonyl (C=O) groups is 2. The predicted molar refractivity (Wildman–Crippen MR) is 101 cm³/mol. The van der Waals surface area contributed by atoms with E-state index in [-0.39, 0.29) is 23.5 Å². The summed E-state index contributed by atoms with van der Waals surface area (Å²) in [5.74, 6) is -0.0187. The number of carbonyl (C=O) groups excluding carboxylic acids is 2. The van der Waals surface area contributed by atoms with Crippen LogP contribution in [0.2, 0.25) is 0 Å². The first-order chi connectivity index (χ1) is 11.6. The topological polar surface area (TPSA) is 37.4 Å². The van der Waals surface area contributed by atoms with E-state index < -0.39 is 5.41 Å². The van der Waals surface area contributed by atoms with Gasteiger partial charge in [-0.1, -0.05) is 63.2 Å². The Bertz CT molecular complexity index is 830. The number of amides is 1. The van der Waals surface area contributed by atoms with Crippen LogP contribution in [0.15, 0.2) is 48.5 Å². The molecule has 0 spiro atoms. The Morgan fingerprint density at radius 2 is 1.64 bits per heavy atom. The zero-order valence-corrected chi connectivity index (χ0v) is 15.6. The Balaban J connectivity index is 1.89. The number of fused-ring (bicyclic) bond motifs is 1.